The molecule has 7 nitrogen and oxygen atoms in total. The fourth-order valence-electron chi connectivity index (χ4n) is 5.80. The maximum atomic E-state index is 13.6. The van der Waals surface area contributed by atoms with E-state index in [2.05, 4.69) is 21.8 Å². The Balaban J connectivity index is 1.59. The molecule has 0 saturated carbocycles. The van der Waals surface area contributed by atoms with Gasteiger partial charge in [0.15, 0.2) is 0 Å². The molecule has 0 bridgehead atoms. The molecule has 4 rings (SSSR count). The van der Waals surface area contributed by atoms with E-state index in [0.717, 1.165) is 29.4 Å². The Labute approximate surface area is 222 Å². The number of para-hydroxylation sites is 1. The quantitative estimate of drug-likeness (QED) is 0.421. The van der Waals surface area contributed by atoms with Crippen LogP contribution in [-0.2, 0) is 6.54 Å². The summed E-state index contributed by atoms with van der Waals surface area (Å²) in [5.74, 6) is 0.460. The molecule has 1 aliphatic rings. The Morgan fingerprint density at radius 2 is 1.87 bits per heavy atom. The van der Waals surface area contributed by atoms with Gasteiger partial charge in [-0.05, 0) is 78.6 Å². The molecule has 1 amide bonds. The lowest BCUT2D eigenvalue weighted by atomic mass is 9.87. The smallest absolute Gasteiger partial charge is 0.256 e. The summed E-state index contributed by atoms with van der Waals surface area (Å²) in [6, 6.07) is 9.63. The highest BCUT2D eigenvalue weighted by Gasteiger charge is 2.39. The summed E-state index contributed by atoms with van der Waals surface area (Å²) in [4.78, 5) is 30.7. The number of piperidine rings is 1. The number of nitrogens with one attached hydrogen (secondary N) is 2. The van der Waals surface area contributed by atoms with E-state index in [1.807, 2.05) is 36.1 Å². The van der Waals surface area contributed by atoms with Crippen LogP contribution in [-0.4, -0.2) is 52.5 Å². The van der Waals surface area contributed by atoms with Gasteiger partial charge in [0.25, 0.3) is 17.9 Å². The van der Waals surface area contributed by atoms with Gasteiger partial charge in [0.05, 0.1) is 30.3 Å². The lowest BCUT2D eigenvalue weighted by Crippen LogP contribution is -2.53. The van der Waals surface area contributed by atoms with Crippen LogP contribution in [0.3, 0.4) is 0 Å². The summed E-state index contributed by atoms with van der Waals surface area (Å²) in [6.45, 7) is 10.3. The topological polar surface area (TPSA) is 79.4 Å². The lowest BCUT2D eigenvalue weighted by Gasteiger charge is -2.43. The van der Waals surface area contributed by atoms with Gasteiger partial charge in [-0.1, -0.05) is 18.2 Å². The van der Waals surface area contributed by atoms with E-state index in [1.165, 1.54) is 7.11 Å². The number of methoxy groups -OCH3 is 1. The molecule has 1 fully saturated rings. The number of amides is 1. The highest BCUT2D eigenvalue weighted by Crippen LogP contribution is 2.37. The van der Waals surface area contributed by atoms with Crippen molar-refractivity contribution in [3.8, 4) is 5.75 Å². The SMILES string of the molecule is COc1cc(C)[nH]c(=O)c1CNC(=O)c1c(C)n([C@H](C)C2CCN(C(C)(C)C(F)F)CC2)c2ccccc12. The third-order valence-electron chi connectivity index (χ3n) is 8.24. The largest absolute Gasteiger partial charge is 0.496 e. The number of hydrogen-bond donors (Lipinski definition) is 2. The maximum absolute atomic E-state index is 13.6. The van der Waals surface area contributed by atoms with Crippen LogP contribution in [0.1, 0.15) is 67.0 Å². The highest BCUT2D eigenvalue weighted by atomic mass is 19.3. The number of aromatic amines is 1. The van der Waals surface area contributed by atoms with E-state index >= 15 is 0 Å². The number of likely N-dealkylation sites (tertiary alicyclic amines) is 1. The first-order valence-corrected chi connectivity index (χ1v) is 13.1. The average molecular weight is 529 g/mol. The third-order valence-corrected chi connectivity index (χ3v) is 8.24. The van der Waals surface area contributed by atoms with Crippen molar-refractivity contribution in [2.45, 2.75) is 72.0 Å². The summed E-state index contributed by atoms with van der Waals surface area (Å²) >= 11 is 0. The number of aryl methyl sites for hydroxylation is 1. The number of pyridine rings is 1. The normalized spacial score (nSPS) is 16.2. The number of fused-ring (bicyclic) bond motifs is 1. The Kier molecular flexibility index (Phi) is 7.97. The fraction of sp³-hybridized carbons (Fsp3) is 0.517. The number of aromatic nitrogens is 2. The minimum atomic E-state index is -2.40. The Bertz CT molecular complexity index is 1370. The van der Waals surface area contributed by atoms with Crippen molar-refractivity contribution < 1.29 is 18.3 Å². The summed E-state index contributed by atoms with van der Waals surface area (Å²) in [5, 5.41) is 3.76. The van der Waals surface area contributed by atoms with Crippen molar-refractivity contribution in [3.05, 3.63) is 63.2 Å². The number of hydrogen-bond acceptors (Lipinski definition) is 4. The number of ether oxygens (including phenoxy) is 1. The standard InChI is InChI=1S/C29H38F2N4O3/c1-17-15-24(38-6)22(26(36)33-17)16-32-27(37)25-19(3)35(23-10-8-7-9-21(23)25)18(2)20-11-13-34(14-12-20)29(4,5)28(30)31/h7-10,15,18,20,28H,11-14,16H2,1-6H3,(H,32,37)(H,33,36)/t18-/m1/s1. The van der Waals surface area contributed by atoms with Crippen molar-refractivity contribution in [3.63, 3.8) is 0 Å². The molecule has 3 aromatic rings. The lowest BCUT2D eigenvalue weighted by molar-refractivity contribution is -0.0490. The van der Waals surface area contributed by atoms with Gasteiger partial charge in [-0.2, -0.15) is 0 Å². The van der Waals surface area contributed by atoms with Crippen molar-refractivity contribution in [1.29, 1.82) is 0 Å². The highest BCUT2D eigenvalue weighted by molar-refractivity contribution is 6.08. The van der Waals surface area contributed by atoms with Crippen LogP contribution in [0.25, 0.3) is 10.9 Å². The number of benzene rings is 1. The van der Waals surface area contributed by atoms with Gasteiger partial charge < -0.3 is 19.6 Å². The first-order chi connectivity index (χ1) is 18.0. The fourth-order valence-corrected chi connectivity index (χ4v) is 5.80. The molecular formula is C29H38F2N4O3. The van der Waals surface area contributed by atoms with Gasteiger partial charge in [-0.3, -0.25) is 14.5 Å². The van der Waals surface area contributed by atoms with Crippen molar-refractivity contribution >= 4 is 16.8 Å². The van der Waals surface area contributed by atoms with Gasteiger partial charge >= 0.3 is 0 Å². The maximum Gasteiger partial charge on any atom is 0.256 e. The van der Waals surface area contributed by atoms with E-state index in [4.69, 9.17) is 4.74 Å². The minimum Gasteiger partial charge on any atom is -0.496 e. The average Bonchev–Trinajstić information content (AvgIpc) is 3.18. The van der Waals surface area contributed by atoms with Crippen LogP contribution in [0.2, 0.25) is 0 Å². The number of halogens is 2. The Morgan fingerprint density at radius 1 is 1.21 bits per heavy atom. The van der Waals surface area contributed by atoms with Gasteiger partial charge in [0.1, 0.15) is 5.75 Å². The molecule has 0 unspecified atom stereocenters. The second-order valence-corrected chi connectivity index (χ2v) is 10.9. The van der Waals surface area contributed by atoms with E-state index in [1.54, 1.807) is 26.8 Å². The summed E-state index contributed by atoms with van der Waals surface area (Å²) in [7, 11) is 1.50. The Hall–Kier alpha value is -3.20. The van der Waals surface area contributed by atoms with E-state index < -0.39 is 12.0 Å². The predicted molar refractivity (Wildman–Crippen MR) is 145 cm³/mol. The van der Waals surface area contributed by atoms with E-state index in [9.17, 15) is 18.4 Å². The van der Waals surface area contributed by atoms with Crippen LogP contribution in [0, 0.1) is 19.8 Å². The zero-order valence-electron chi connectivity index (χ0n) is 23.0. The number of nitrogens with zero attached hydrogens (tertiary/aromatic N) is 2. The van der Waals surface area contributed by atoms with Gasteiger partial charge in [-0.15, -0.1) is 0 Å². The van der Waals surface area contributed by atoms with Crippen molar-refractivity contribution in [1.82, 2.24) is 19.8 Å². The molecular weight excluding hydrogens is 490 g/mol. The number of rotatable bonds is 8. The molecule has 2 aromatic heterocycles. The van der Waals surface area contributed by atoms with Crippen LogP contribution in [0.15, 0.2) is 35.1 Å². The van der Waals surface area contributed by atoms with E-state index in [-0.39, 0.29) is 24.1 Å². The molecule has 2 N–H and O–H groups in total. The number of alkyl halides is 2. The minimum absolute atomic E-state index is 0.0322. The van der Waals surface area contributed by atoms with E-state index in [0.29, 0.717) is 41.6 Å². The number of carbonyl (C=O) groups excluding carboxylic acids is 1. The molecule has 206 valence electrons. The first-order valence-electron chi connectivity index (χ1n) is 13.1. The third kappa shape index (κ3) is 5.08. The number of carbonyl (C=O) groups is 1. The summed E-state index contributed by atoms with van der Waals surface area (Å²) in [5.41, 5.74) is 1.98. The monoisotopic (exact) mass is 528 g/mol. The van der Waals surface area contributed by atoms with Gasteiger partial charge in [0.2, 0.25) is 0 Å². The van der Waals surface area contributed by atoms with Crippen LogP contribution in [0.5, 0.6) is 5.75 Å². The molecule has 0 spiro atoms. The zero-order valence-corrected chi connectivity index (χ0v) is 23.0. The molecule has 0 aliphatic carbocycles. The molecule has 38 heavy (non-hydrogen) atoms. The predicted octanol–water partition coefficient (Wildman–Crippen LogP) is 5.20. The van der Waals surface area contributed by atoms with Crippen molar-refractivity contribution in [2.24, 2.45) is 5.92 Å². The second-order valence-electron chi connectivity index (χ2n) is 10.9. The van der Waals surface area contributed by atoms with Crippen LogP contribution >= 0.6 is 0 Å². The Morgan fingerprint density at radius 3 is 2.50 bits per heavy atom. The first kappa shape index (κ1) is 27.8. The summed E-state index contributed by atoms with van der Waals surface area (Å²) in [6.07, 6.45) is -0.787. The summed E-state index contributed by atoms with van der Waals surface area (Å²) < 4.78 is 34.7. The molecule has 1 aromatic carbocycles. The van der Waals surface area contributed by atoms with Gasteiger partial charge in [-0.25, -0.2) is 8.78 Å². The van der Waals surface area contributed by atoms with Gasteiger partial charge in [0, 0.05) is 28.3 Å². The van der Waals surface area contributed by atoms with Crippen LogP contribution < -0.4 is 15.6 Å². The number of H-pyrrole nitrogens is 1. The second kappa shape index (κ2) is 10.9. The molecule has 1 atom stereocenters. The molecule has 0 radical (unpaired) electrons. The molecule has 1 aliphatic heterocycles. The molecule has 3 heterocycles. The molecule has 9 heteroatoms. The zero-order chi connectivity index (χ0) is 27.8. The van der Waals surface area contributed by atoms with Crippen molar-refractivity contribution in [2.75, 3.05) is 20.2 Å². The molecule has 1 saturated heterocycles. The van der Waals surface area contributed by atoms with Crippen LogP contribution in [0.4, 0.5) is 8.78 Å².